The summed E-state index contributed by atoms with van der Waals surface area (Å²) < 4.78 is 9.83. The van der Waals surface area contributed by atoms with Crippen molar-refractivity contribution in [2.45, 2.75) is 6.42 Å². The van der Waals surface area contributed by atoms with Crippen LogP contribution in [0.2, 0.25) is 0 Å². The van der Waals surface area contributed by atoms with Gasteiger partial charge in [-0.05, 0) is 23.8 Å². The second kappa shape index (κ2) is 6.39. The summed E-state index contributed by atoms with van der Waals surface area (Å²) in [6, 6.07) is 4.77. The number of hydrogen-bond acceptors (Lipinski definition) is 5. The van der Waals surface area contributed by atoms with Crippen molar-refractivity contribution >= 4 is 27.9 Å². The highest BCUT2D eigenvalue weighted by Gasteiger charge is 2.29. The van der Waals surface area contributed by atoms with Crippen LogP contribution in [0.15, 0.2) is 22.7 Å². The molecule has 6 heteroatoms. The number of hydrogen-bond donors (Lipinski definition) is 1. The first-order valence-electron chi connectivity index (χ1n) is 5.12. The van der Waals surface area contributed by atoms with Crippen LogP contribution in [0, 0.1) is 5.92 Å². The van der Waals surface area contributed by atoms with Gasteiger partial charge in [0.15, 0.2) is 5.92 Å². The molecular weight excluding hydrogens is 304 g/mol. The summed E-state index contributed by atoms with van der Waals surface area (Å²) in [6.45, 7) is 0. The van der Waals surface area contributed by atoms with Gasteiger partial charge in [-0.25, -0.2) is 0 Å². The minimum atomic E-state index is -1.08. The predicted octanol–water partition coefficient (Wildman–Crippen LogP) is 1.66. The van der Waals surface area contributed by atoms with Crippen molar-refractivity contribution in [2.75, 3.05) is 14.2 Å². The molecule has 1 aromatic rings. The minimum absolute atomic E-state index is 0.0102. The maximum Gasteiger partial charge on any atom is 0.320 e. The number of phenols is 1. The van der Waals surface area contributed by atoms with Gasteiger partial charge in [0.25, 0.3) is 0 Å². The van der Waals surface area contributed by atoms with Crippen molar-refractivity contribution in [2.24, 2.45) is 5.92 Å². The number of rotatable bonds is 4. The zero-order chi connectivity index (χ0) is 13.7. The van der Waals surface area contributed by atoms with Gasteiger partial charge in [-0.3, -0.25) is 9.59 Å². The fraction of sp³-hybridized carbons (Fsp3) is 0.333. The molecule has 18 heavy (non-hydrogen) atoms. The molecule has 0 saturated heterocycles. The molecule has 0 unspecified atom stereocenters. The van der Waals surface area contributed by atoms with Gasteiger partial charge in [-0.1, -0.05) is 15.9 Å². The molecule has 0 saturated carbocycles. The summed E-state index contributed by atoms with van der Waals surface area (Å²) in [7, 11) is 2.39. The van der Waals surface area contributed by atoms with Crippen molar-refractivity contribution in [3.8, 4) is 5.75 Å². The molecule has 1 aromatic carbocycles. The van der Waals surface area contributed by atoms with E-state index in [1.165, 1.54) is 20.3 Å². The van der Waals surface area contributed by atoms with Crippen molar-refractivity contribution in [1.82, 2.24) is 0 Å². The smallest absolute Gasteiger partial charge is 0.320 e. The Balaban J connectivity index is 2.99. The Hall–Kier alpha value is -1.56. The van der Waals surface area contributed by atoms with E-state index in [4.69, 9.17) is 0 Å². The normalized spacial score (nSPS) is 10.2. The van der Waals surface area contributed by atoms with E-state index >= 15 is 0 Å². The minimum Gasteiger partial charge on any atom is -0.508 e. The number of phenolic OH excluding ortho intramolecular Hbond substituents is 1. The summed E-state index contributed by atoms with van der Waals surface area (Å²) in [5, 5.41) is 9.67. The Morgan fingerprint density at radius 1 is 1.28 bits per heavy atom. The van der Waals surface area contributed by atoms with Gasteiger partial charge in [-0.15, -0.1) is 0 Å². The van der Waals surface area contributed by atoms with Crippen molar-refractivity contribution in [1.29, 1.82) is 0 Å². The Morgan fingerprint density at radius 2 is 1.83 bits per heavy atom. The number of aromatic hydroxyl groups is 1. The quantitative estimate of drug-likeness (QED) is 0.675. The maximum absolute atomic E-state index is 11.5. The summed E-state index contributed by atoms with van der Waals surface area (Å²) in [5.41, 5.74) is 0.463. The van der Waals surface area contributed by atoms with Gasteiger partial charge < -0.3 is 14.6 Å². The van der Waals surface area contributed by atoms with Crippen LogP contribution >= 0.6 is 15.9 Å². The third-order valence-electron chi connectivity index (χ3n) is 2.44. The van der Waals surface area contributed by atoms with E-state index in [2.05, 4.69) is 25.4 Å². The number of benzene rings is 1. The van der Waals surface area contributed by atoms with Crippen molar-refractivity contribution < 1.29 is 24.2 Å². The Bertz CT molecular complexity index is 442. The van der Waals surface area contributed by atoms with Crippen LogP contribution in [0.4, 0.5) is 0 Å². The summed E-state index contributed by atoms with van der Waals surface area (Å²) >= 11 is 3.25. The lowest BCUT2D eigenvalue weighted by Gasteiger charge is -2.13. The fourth-order valence-electron chi connectivity index (χ4n) is 1.48. The van der Waals surface area contributed by atoms with Crippen molar-refractivity contribution in [3.63, 3.8) is 0 Å². The van der Waals surface area contributed by atoms with Crippen LogP contribution in [-0.4, -0.2) is 31.3 Å². The standard InChI is InChI=1S/C12H13BrO5/c1-17-11(15)9(12(16)18-2)6-7-5-8(13)3-4-10(7)14/h3-5,9,14H,6H2,1-2H3. The first kappa shape index (κ1) is 14.5. The lowest BCUT2D eigenvalue weighted by molar-refractivity contribution is -0.158. The number of halogens is 1. The molecule has 0 aliphatic rings. The summed E-state index contributed by atoms with van der Waals surface area (Å²) in [4.78, 5) is 23.0. The van der Waals surface area contributed by atoms with Crippen LogP contribution in [0.3, 0.4) is 0 Å². The molecule has 0 bridgehead atoms. The fourth-order valence-corrected chi connectivity index (χ4v) is 1.89. The second-order valence-electron chi connectivity index (χ2n) is 3.58. The molecule has 0 atom stereocenters. The molecule has 0 fully saturated rings. The van der Waals surface area contributed by atoms with Gasteiger partial charge in [0.1, 0.15) is 5.75 Å². The summed E-state index contributed by atoms with van der Waals surface area (Å²) in [6.07, 6.45) is 0.0185. The molecule has 0 spiro atoms. The maximum atomic E-state index is 11.5. The lowest BCUT2D eigenvalue weighted by Crippen LogP contribution is -2.28. The molecule has 1 N–H and O–H groups in total. The Morgan fingerprint density at radius 3 is 2.33 bits per heavy atom. The van der Waals surface area contributed by atoms with Crippen LogP contribution < -0.4 is 0 Å². The number of ether oxygens (including phenoxy) is 2. The van der Waals surface area contributed by atoms with E-state index < -0.39 is 17.9 Å². The highest BCUT2D eigenvalue weighted by Crippen LogP contribution is 2.25. The molecule has 0 aliphatic heterocycles. The van der Waals surface area contributed by atoms with E-state index in [0.717, 1.165) is 4.47 Å². The van der Waals surface area contributed by atoms with Gasteiger partial charge in [-0.2, -0.15) is 0 Å². The largest absolute Gasteiger partial charge is 0.508 e. The molecule has 5 nitrogen and oxygen atoms in total. The highest BCUT2D eigenvalue weighted by molar-refractivity contribution is 9.10. The third kappa shape index (κ3) is 3.46. The van der Waals surface area contributed by atoms with Gasteiger partial charge >= 0.3 is 11.9 Å². The van der Waals surface area contributed by atoms with Crippen LogP contribution in [0.1, 0.15) is 5.56 Å². The zero-order valence-electron chi connectivity index (χ0n) is 9.97. The third-order valence-corrected chi connectivity index (χ3v) is 2.93. The number of carbonyl (C=O) groups excluding carboxylic acids is 2. The molecular formula is C12H13BrO5. The van der Waals surface area contributed by atoms with Gasteiger partial charge in [0.2, 0.25) is 0 Å². The monoisotopic (exact) mass is 316 g/mol. The van der Waals surface area contributed by atoms with E-state index in [-0.39, 0.29) is 12.2 Å². The highest BCUT2D eigenvalue weighted by atomic mass is 79.9. The summed E-state index contributed by atoms with van der Waals surface area (Å²) in [5.74, 6) is -2.46. The SMILES string of the molecule is COC(=O)C(Cc1cc(Br)ccc1O)C(=O)OC. The van der Waals surface area contributed by atoms with E-state index in [1.807, 2.05) is 0 Å². The number of carbonyl (C=O) groups is 2. The van der Waals surface area contributed by atoms with Gasteiger partial charge in [0, 0.05) is 10.9 Å². The molecule has 0 radical (unpaired) electrons. The second-order valence-corrected chi connectivity index (χ2v) is 4.49. The average Bonchev–Trinajstić information content (AvgIpc) is 2.38. The first-order valence-corrected chi connectivity index (χ1v) is 5.92. The Kier molecular flexibility index (Phi) is 5.15. The Labute approximate surface area is 113 Å². The number of methoxy groups -OCH3 is 2. The molecule has 98 valence electrons. The zero-order valence-corrected chi connectivity index (χ0v) is 11.6. The van der Waals surface area contributed by atoms with Gasteiger partial charge in [0.05, 0.1) is 14.2 Å². The molecule has 0 heterocycles. The van der Waals surface area contributed by atoms with Crippen LogP contribution in [0.25, 0.3) is 0 Å². The lowest BCUT2D eigenvalue weighted by atomic mass is 9.99. The topological polar surface area (TPSA) is 72.8 Å². The van der Waals surface area contributed by atoms with Crippen LogP contribution in [0.5, 0.6) is 5.75 Å². The van der Waals surface area contributed by atoms with E-state index in [1.54, 1.807) is 12.1 Å². The van der Waals surface area contributed by atoms with E-state index in [0.29, 0.717) is 5.56 Å². The average molecular weight is 317 g/mol. The predicted molar refractivity (Wildman–Crippen MR) is 67.0 cm³/mol. The molecule has 1 rings (SSSR count). The first-order chi connectivity index (χ1) is 8.49. The van der Waals surface area contributed by atoms with Crippen LogP contribution in [-0.2, 0) is 25.5 Å². The molecule has 0 aromatic heterocycles. The molecule has 0 aliphatic carbocycles. The van der Waals surface area contributed by atoms with E-state index in [9.17, 15) is 14.7 Å². The molecule has 0 amide bonds. The number of esters is 2. The van der Waals surface area contributed by atoms with Crippen molar-refractivity contribution in [3.05, 3.63) is 28.2 Å².